The predicted molar refractivity (Wildman–Crippen MR) is 100 cm³/mol. The highest BCUT2D eigenvalue weighted by molar-refractivity contribution is 8.77. The average Bonchev–Trinajstić information content (AvgIpc) is 2.91. The van der Waals surface area contributed by atoms with E-state index in [1.807, 2.05) is 0 Å². The summed E-state index contributed by atoms with van der Waals surface area (Å²) >= 11 is 0. The van der Waals surface area contributed by atoms with E-state index in [0.717, 1.165) is 10.8 Å². The maximum atomic E-state index is 12.0. The average molecular weight is 450 g/mol. The number of hydrogen-bond acceptors (Lipinski definition) is 8. The SMILES string of the molecule is O.[N-]=[N+]=Nc1ccc(SSC(CS(=O)(=O)O)(C(=O)O)N2C(=O)CCC2=O)cc1. The Morgan fingerprint density at radius 3 is 2.21 bits per heavy atom. The molecule has 0 spiro atoms. The van der Waals surface area contributed by atoms with Crippen molar-refractivity contribution in [3.05, 3.63) is 34.7 Å². The van der Waals surface area contributed by atoms with E-state index in [4.69, 9.17) is 5.53 Å². The van der Waals surface area contributed by atoms with Crippen LogP contribution in [-0.4, -0.2) is 56.9 Å². The zero-order valence-corrected chi connectivity index (χ0v) is 16.3. The third kappa shape index (κ3) is 5.37. The molecular weight excluding hydrogens is 436 g/mol. The van der Waals surface area contributed by atoms with Gasteiger partial charge in [0.2, 0.25) is 16.7 Å². The summed E-state index contributed by atoms with van der Waals surface area (Å²) in [4.78, 5) is 36.9. The molecule has 12 nitrogen and oxygen atoms in total. The summed E-state index contributed by atoms with van der Waals surface area (Å²) < 4.78 is 32.1. The number of carboxylic acids is 1. The second-order valence-corrected chi connectivity index (χ2v) is 9.22. The predicted octanol–water partition coefficient (Wildman–Crippen LogP) is 1.36. The second-order valence-electron chi connectivity index (χ2n) is 5.29. The molecule has 1 unspecified atom stereocenters. The Balaban J connectivity index is 0.00000392. The van der Waals surface area contributed by atoms with Gasteiger partial charge in [0.25, 0.3) is 10.1 Å². The Kier molecular flexibility index (Phi) is 7.86. The van der Waals surface area contributed by atoms with Gasteiger partial charge in [-0.2, -0.15) is 8.42 Å². The lowest BCUT2D eigenvalue weighted by molar-refractivity contribution is -0.155. The molecule has 0 bridgehead atoms. The zero-order chi connectivity index (χ0) is 20.2. The van der Waals surface area contributed by atoms with E-state index in [1.165, 1.54) is 24.3 Å². The first-order chi connectivity index (χ1) is 12.6. The topological polar surface area (TPSA) is 209 Å². The molecular formula is C13H14N4O8S3. The number of aliphatic carboxylic acids is 1. The quantitative estimate of drug-likeness (QED) is 0.146. The maximum Gasteiger partial charge on any atom is 0.342 e. The molecule has 15 heteroatoms. The lowest BCUT2D eigenvalue weighted by Gasteiger charge is -2.34. The molecule has 1 aliphatic heterocycles. The first kappa shape index (κ1) is 23.7. The lowest BCUT2D eigenvalue weighted by atomic mass is 10.3. The number of carbonyl (C=O) groups is 3. The second kappa shape index (κ2) is 9.27. The van der Waals surface area contributed by atoms with Crippen molar-refractivity contribution in [2.24, 2.45) is 5.11 Å². The van der Waals surface area contributed by atoms with Gasteiger partial charge in [-0.25, -0.2) is 4.79 Å². The van der Waals surface area contributed by atoms with E-state index < -0.39 is 38.5 Å². The summed E-state index contributed by atoms with van der Waals surface area (Å²) in [5.41, 5.74) is 8.68. The molecule has 2 rings (SSSR count). The largest absolute Gasteiger partial charge is 0.479 e. The molecule has 1 aromatic rings. The van der Waals surface area contributed by atoms with Gasteiger partial charge in [-0.15, -0.1) is 0 Å². The van der Waals surface area contributed by atoms with Crippen LogP contribution in [0.1, 0.15) is 12.8 Å². The minimum Gasteiger partial charge on any atom is -0.479 e. The Morgan fingerprint density at radius 1 is 1.25 bits per heavy atom. The number of carbonyl (C=O) groups excluding carboxylic acids is 2. The molecule has 1 aliphatic rings. The number of amides is 2. The number of hydrogen-bond donors (Lipinski definition) is 2. The molecule has 0 radical (unpaired) electrons. The number of imide groups is 1. The molecule has 4 N–H and O–H groups in total. The van der Waals surface area contributed by atoms with Gasteiger partial charge in [0.05, 0.1) is 0 Å². The summed E-state index contributed by atoms with van der Waals surface area (Å²) in [5.74, 6) is -4.79. The number of benzene rings is 1. The van der Waals surface area contributed by atoms with Gasteiger partial charge in [-0.3, -0.25) is 19.0 Å². The van der Waals surface area contributed by atoms with Crippen LogP contribution in [0.25, 0.3) is 10.4 Å². The molecule has 2 amide bonds. The van der Waals surface area contributed by atoms with Crippen molar-refractivity contribution in [1.82, 2.24) is 4.90 Å². The third-order valence-electron chi connectivity index (χ3n) is 3.40. The smallest absolute Gasteiger partial charge is 0.342 e. The van der Waals surface area contributed by atoms with Crippen LogP contribution in [-0.2, 0) is 24.5 Å². The van der Waals surface area contributed by atoms with Crippen LogP contribution < -0.4 is 0 Å². The Hall–Kier alpha value is -2.29. The first-order valence-electron chi connectivity index (χ1n) is 7.14. The van der Waals surface area contributed by atoms with Crippen LogP contribution in [0.4, 0.5) is 5.69 Å². The highest BCUT2D eigenvalue weighted by Crippen LogP contribution is 2.46. The van der Waals surface area contributed by atoms with Gasteiger partial charge in [-0.1, -0.05) is 28.0 Å². The van der Waals surface area contributed by atoms with Gasteiger partial charge in [0.1, 0.15) is 5.75 Å². The van der Waals surface area contributed by atoms with E-state index in [1.54, 1.807) is 0 Å². The molecule has 1 atom stereocenters. The van der Waals surface area contributed by atoms with Crippen LogP contribution in [0.2, 0.25) is 0 Å². The molecule has 0 aromatic heterocycles. The zero-order valence-electron chi connectivity index (χ0n) is 13.9. The van der Waals surface area contributed by atoms with Gasteiger partial charge >= 0.3 is 5.97 Å². The minimum absolute atomic E-state index is 0. The fourth-order valence-electron chi connectivity index (χ4n) is 2.28. The summed E-state index contributed by atoms with van der Waals surface area (Å²) in [6.45, 7) is 0. The highest BCUT2D eigenvalue weighted by Gasteiger charge is 2.55. The summed E-state index contributed by atoms with van der Waals surface area (Å²) in [6.07, 6.45) is -0.489. The minimum atomic E-state index is -4.85. The fourth-order valence-corrected chi connectivity index (χ4v) is 6.41. The molecule has 1 aromatic carbocycles. The van der Waals surface area contributed by atoms with Crippen molar-refractivity contribution < 1.29 is 37.9 Å². The van der Waals surface area contributed by atoms with Gasteiger partial charge in [0, 0.05) is 28.3 Å². The first-order valence-corrected chi connectivity index (χ1v) is 10.9. The molecule has 1 saturated heterocycles. The summed E-state index contributed by atoms with van der Waals surface area (Å²) in [5, 5.41) is 13.0. The molecule has 0 aliphatic carbocycles. The number of azide groups is 1. The van der Waals surface area contributed by atoms with E-state index in [2.05, 4.69) is 10.0 Å². The van der Waals surface area contributed by atoms with Gasteiger partial charge in [0.15, 0.2) is 0 Å². The lowest BCUT2D eigenvalue weighted by Crippen LogP contribution is -2.58. The van der Waals surface area contributed by atoms with E-state index >= 15 is 0 Å². The number of rotatable bonds is 8. The van der Waals surface area contributed by atoms with Gasteiger partial charge in [-0.05, 0) is 28.5 Å². The van der Waals surface area contributed by atoms with Crippen molar-refractivity contribution in [2.45, 2.75) is 22.6 Å². The number of nitrogens with zero attached hydrogens (tertiary/aromatic N) is 4. The standard InChI is InChI=1S/C13H12N4O7S3.H2O/c14-16-15-8-1-3-9(4-2-8)25-26-13(12(20)21,7-27(22,23)24)17-10(18)5-6-11(17)19;/h1-4H,5-7H2,(H,20,21)(H,22,23,24);1H2. The molecule has 0 saturated carbocycles. The number of carboxylic acid groups (broad SMARTS) is 1. The molecule has 28 heavy (non-hydrogen) atoms. The summed E-state index contributed by atoms with van der Waals surface area (Å²) in [6, 6.07) is 5.85. The van der Waals surface area contributed by atoms with Crippen molar-refractivity contribution >= 4 is 55.2 Å². The molecule has 1 fully saturated rings. The van der Waals surface area contributed by atoms with Gasteiger partial charge < -0.3 is 10.6 Å². The molecule has 152 valence electrons. The third-order valence-corrected chi connectivity index (χ3v) is 7.34. The monoisotopic (exact) mass is 450 g/mol. The van der Waals surface area contributed by atoms with Crippen LogP contribution in [0.3, 0.4) is 0 Å². The van der Waals surface area contributed by atoms with Crippen molar-refractivity contribution in [1.29, 1.82) is 0 Å². The van der Waals surface area contributed by atoms with Crippen LogP contribution in [0.15, 0.2) is 34.3 Å². The van der Waals surface area contributed by atoms with Crippen LogP contribution in [0.5, 0.6) is 0 Å². The normalized spacial score (nSPS) is 16.1. The number of likely N-dealkylation sites (tertiary alicyclic amines) is 1. The summed E-state index contributed by atoms with van der Waals surface area (Å²) in [7, 11) is -3.61. The Bertz CT molecular complexity index is 914. The Labute approximate surface area is 166 Å². The Morgan fingerprint density at radius 2 is 1.79 bits per heavy atom. The van der Waals surface area contributed by atoms with Crippen molar-refractivity contribution in [2.75, 3.05) is 5.75 Å². The van der Waals surface area contributed by atoms with Crippen molar-refractivity contribution in [3.63, 3.8) is 0 Å². The van der Waals surface area contributed by atoms with Crippen LogP contribution in [0, 0.1) is 0 Å². The van der Waals surface area contributed by atoms with E-state index in [0.29, 0.717) is 26.3 Å². The highest BCUT2D eigenvalue weighted by atomic mass is 33.1. The fraction of sp³-hybridized carbons (Fsp3) is 0.308. The van der Waals surface area contributed by atoms with Crippen molar-refractivity contribution in [3.8, 4) is 0 Å². The maximum absolute atomic E-state index is 12.0. The van der Waals surface area contributed by atoms with Crippen LogP contribution >= 0.6 is 21.6 Å². The van der Waals surface area contributed by atoms with E-state index in [9.17, 15) is 32.5 Å². The molecule has 1 heterocycles. The van der Waals surface area contributed by atoms with E-state index in [-0.39, 0.29) is 18.3 Å².